The first kappa shape index (κ1) is 8.21. The van der Waals surface area contributed by atoms with Crippen molar-refractivity contribution in [3.8, 4) is 0 Å². The fourth-order valence-corrected chi connectivity index (χ4v) is 0.563. The van der Waals surface area contributed by atoms with Crippen LogP contribution in [0.15, 0.2) is 16.9 Å². The Morgan fingerprint density at radius 2 is 2.33 bits per heavy atom. The Morgan fingerprint density at radius 1 is 1.67 bits per heavy atom. The number of allylic oxidation sites excluding steroid dienone is 1. The third-order valence-corrected chi connectivity index (χ3v) is 0.968. The number of rotatable bonds is 3. The number of aliphatic imine (C=N–C) groups is 1. The van der Waals surface area contributed by atoms with Crippen LogP contribution in [0.3, 0.4) is 0 Å². The maximum Gasteiger partial charge on any atom is 0.0552 e. The van der Waals surface area contributed by atoms with Gasteiger partial charge in [-0.25, -0.2) is 0 Å². The Bertz CT molecular complexity index is 114. The lowest BCUT2D eigenvalue weighted by atomic mass is 10.4. The third-order valence-electron chi connectivity index (χ3n) is 0.968. The normalized spacial score (nSPS) is 12.6. The van der Waals surface area contributed by atoms with Crippen LogP contribution in [0.2, 0.25) is 0 Å². The lowest BCUT2D eigenvalue weighted by molar-refractivity contribution is 0.994. The highest BCUT2D eigenvalue weighted by Gasteiger charge is 1.83. The lowest BCUT2D eigenvalue weighted by Crippen LogP contribution is -1.94. The summed E-state index contributed by atoms with van der Waals surface area (Å²) in [6.45, 7) is 4.00. The molecular formula is C7H14N2. The van der Waals surface area contributed by atoms with Crippen LogP contribution in [0, 0.1) is 0 Å². The van der Waals surface area contributed by atoms with E-state index in [1.54, 1.807) is 6.21 Å². The van der Waals surface area contributed by atoms with E-state index >= 15 is 0 Å². The van der Waals surface area contributed by atoms with Gasteiger partial charge >= 0.3 is 0 Å². The van der Waals surface area contributed by atoms with Gasteiger partial charge in [0.2, 0.25) is 0 Å². The van der Waals surface area contributed by atoms with Crippen LogP contribution in [-0.4, -0.2) is 13.3 Å². The quantitative estimate of drug-likeness (QED) is 0.570. The molecule has 0 aliphatic carbocycles. The van der Waals surface area contributed by atoms with Crippen molar-refractivity contribution in [2.75, 3.05) is 7.05 Å². The van der Waals surface area contributed by atoms with Gasteiger partial charge in [0.05, 0.1) is 5.70 Å². The van der Waals surface area contributed by atoms with Gasteiger partial charge in [0.1, 0.15) is 0 Å². The average Bonchev–Trinajstić information content (AvgIpc) is 1.88. The molecule has 0 aliphatic heterocycles. The Hall–Kier alpha value is -0.790. The molecule has 0 atom stereocenters. The molecule has 2 nitrogen and oxygen atoms in total. The van der Waals surface area contributed by atoms with Gasteiger partial charge in [0, 0.05) is 19.5 Å². The van der Waals surface area contributed by atoms with Gasteiger partial charge in [-0.2, -0.15) is 0 Å². The molecule has 0 unspecified atom stereocenters. The van der Waals surface area contributed by atoms with Crippen LogP contribution in [0.25, 0.3) is 0 Å². The Balaban J connectivity index is 3.81. The third kappa shape index (κ3) is 3.76. The van der Waals surface area contributed by atoms with Crippen molar-refractivity contribution in [2.24, 2.45) is 4.99 Å². The zero-order chi connectivity index (χ0) is 7.11. The smallest absolute Gasteiger partial charge is 0.0552 e. The molecule has 0 bridgehead atoms. The summed E-state index contributed by atoms with van der Waals surface area (Å²) >= 11 is 0. The molecule has 0 aromatic rings. The molecule has 0 heterocycles. The van der Waals surface area contributed by atoms with Crippen molar-refractivity contribution in [1.82, 2.24) is 5.32 Å². The van der Waals surface area contributed by atoms with Crippen LogP contribution >= 0.6 is 0 Å². The summed E-state index contributed by atoms with van der Waals surface area (Å²) in [6, 6.07) is 0. The largest absolute Gasteiger partial charge is 0.393 e. The zero-order valence-corrected chi connectivity index (χ0v) is 6.31. The average molecular weight is 126 g/mol. The number of hydrogen-bond acceptors (Lipinski definition) is 2. The van der Waals surface area contributed by atoms with Crippen LogP contribution in [0.1, 0.15) is 20.3 Å². The van der Waals surface area contributed by atoms with E-state index in [4.69, 9.17) is 0 Å². The van der Waals surface area contributed by atoms with E-state index in [2.05, 4.69) is 17.2 Å². The summed E-state index contributed by atoms with van der Waals surface area (Å²) in [5.74, 6) is 0. The lowest BCUT2D eigenvalue weighted by Gasteiger charge is -1.93. The minimum atomic E-state index is 0.977. The highest BCUT2D eigenvalue weighted by atomic mass is 14.8. The summed E-state index contributed by atoms with van der Waals surface area (Å²) < 4.78 is 0. The molecule has 0 radical (unpaired) electrons. The van der Waals surface area contributed by atoms with Crippen LogP contribution in [0.5, 0.6) is 0 Å². The van der Waals surface area contributed by atoms with E-state index in [-0.39, 0.29) is 0 Å². The molecule has 0 fully saturated rings. The molecule has 0 saturated heterocycles. The monoisotopic (exact) mass is 126 g/mol. The fraction of sp³-hybridized carbons (Fsp3) is 0.571. The highest BCUT2D eigenvalue weighted by molar-refractivity contribution is 5.55. The standard InChI is InChI=1S/C7H14N2/c1-4-7(6-8-3)9-5-2/h5-6,8H,4H2,1-3H3/b7-6+,9-5?. The van der Waals surface area contributed by atoms with Gasteiger partial charge in [-0.05, 0) is 13.3 Å². The number of hydrogen-bond donors (Lipinski definition) is 1. The second-order valence-corrected chi connectivity index (χ2v) is 1.67. The van der Waals surface area contributed by atoms with E-state index in [9.17, 15) is 0 Å². The molecule has 0 spiro atoms. The minimum absolute atomic E-state index is 0.977. The predicted molar refractivity (Wildman–Crippen MR) is 41.6 cm³/mol. The molecule has 2 heteroatoms. The molecule has 0 rings (SSSR count). The van der Waals surface area contributed by atoms with Gasteiger partial charge < -0.3 is 5.32 Å². The van der Waals surface area contributed by atoms with Crippen molar-refractivity contribution < 1.29 is 0 Å². The molecule has 0 amide bonds. The van der Waals surface area contributed by atoms with Crippen molar-refractivity contribution in [3.63, 3.8) is 0 Å². The van der Waals surface area contributed by atoms with Crippen molar-refractivity contribution in [1.29, 1.82) is 0 Å². The molecule has 9 heavy (non-hydrogen) atoms. The van der Waals surface area contributed by atoms with Gasteiger partial charge in [-0.15, -0.1) is 0 Å². The van der Waals surface area contributed by atoms with Crippen LogP contribution in [0.4, 0.5) is 0 Å². The van der Waals surface area contributed by atoms with E-state index in [1.807, 2.05) is 20.2 Å². The molecule has 0 aromatic heterocycles. The Kier molecular flexibility index (Phi) is 4.88. The van der Waals surface area contributed by atoms with Gasteiger partial charge in [0.25, 0.3) is 0 Å². The molecule has 1 N–H and O–H groups in total. The maximum absolute atomic E-state index is 4.11. The van der Waals surface area contributed by atoms with Gasteiger partial charge in [-0.1, -0.05) is 6.92 Å². The van der Waals surface area contributed by atoms with E-state index in [0.717, 1.165) is 12.1 Å². The summed E-state index contributed by atoms with van der Waals surface area (Å²) in [4.78, 5) is 4.11. The van der Waals surface area contributed by atoms with Gasteiger partial charge in [0.15, 0.2) is 0 Å². The maximum atomic E-state index is 4.11. The van der Waals surface area contributed by atoms with Crippen molar-refractivity contribution in [2.45, 2.75) is 20.3 Å². The van der Waals surface area contributed by atoms with Crippen LogP contribution < -0.4 is 5.32 Å². The summed E-state index contributed by atoms with van der Waals surface area (Å²) in [7, 11) is 1.88. The van der Waals surface area contributed by atoms with E-state index in [1.165, 1.54) is 0 Å². The van der Waals surface area contributed by atoms with Gasteiger partial charge in [-0.3, -0.25) is 4.99 Å². The predicted octanol–water partition coefficient (Wildman–Crippen LogP) is 1.55. The Morgan fingerprint density at radius 3 is 2.67 bits per heavy atom. The zero-order valence-electron chi connectivity index (χ0n) is 6.31. The van der Waals surface area contributed by atoms with Crippen LogP contribution in [-0.2, 0) is 0 Å². The first-order chi connectivity index (χ1) is 4.35. The van der Waals surface area contributed by atoms with Crippen molar-refractivity contribution in [3.05, 3.63) is 11.9 Å². The highest BCUT2D eigenvalue weighted by Crippen LogP contribution is 1.97. The summed E-state index contributed by atoms with van der Waals surface area (Å²) in [5.41, 5.74) is 1.08. The number of nitrogens with one attached hydrogen (secondary N) is 1. The molecule has 0 aromatic carbocycles. The first-order valence-corrected chi connectivity index (χ1v) is 3.20. The molecular weight excluding hydrogens is 112 g/mol. The topological polar surface area (TPSA) is 24.4 Å². The van der Waals surface area contributed by atoms with E-state index in [0.29, 0.717) is 0 Å². The Labute approximate surface area is 56.7 Å². The number of nitrogens with zero attached hydrogens (tertiary/aromatic N) is 1. The first-order valence-electron chi connectivity index (χ1n) is 3.20. The molecule has 0 saturated carbocycles. The minimum Gasteiger partial charge on any atom is -0.393 e. The SMILES string of the molecule is CC=N/C(=C/NC)CC. The summed E-state index contributed by atoms with van der Waals surface area (Å²) in [5, 5.41) is 2.93. The molecule has 0 aliphatic rings. The molecule has 52 valence electrons. The fourth-order valence-electron chi connectivity index (χ4n) is 0.563. The second kappa shape index (κ2) is 5.35. The van der Waals surface area contributed by atoms with Crippen molar-refractivity contribution >= 4 is 6.21 Å². The second-order valence-electron chi connectivity index (χ2n) is 1.67. The van der Waals surface area contributed by atoms with E-state index < -0.39 is 0 Å². The summed E-state index contributed by atoms with van der Waals surface area (Å²) in [6.07, 6.45) is 4.68.